The largest absolute Gasteiger partial charge is 0.368 e. The van der Waals surface area contributed by atoms with Gasteiger partial charge in [0.25, 0.3) is 0 Å². The van der Waals surface area contributed by atoms with Crippen LogP contribution >= 0.6 is 15.9 Å². The number of rotatable bonds is 3. The number of benzene rings is 1. The smallest absolute Gasteiger partial charge is 0.242 e. The first-order valence-corrected chi connectivity index (χ1v) is 5.15. The van der Waals surface area contributed by atoms with Gasteiger partial charge in [-0.1, -0.05) is 35.0 Å². The van der Waals surface area contributed by atoms with E-state index in [1.54, 1.807) is 12.1 Å². The van der Waals surface area contributed by atoms with Gasteiger partial charge in [0.1, 0.15) is 5.54 Å². The Morgan fingerprint density at radius 1 is 1.43 bits per heavy atom. The van der Waals surface area contributed by atoms with Gasteiger partial charge in [-0.05, 0) is 24.1 Å². The summed E-state index contributed by atoms with van der Waals surface area (Å²) in [7, 11) is 0. The molecule has 0 radical (unpaired) electrons. The molecular weight excluding hydrogens is 244 g/mol. The third kappa shape index (κ3) is 1.96. The summed E-state index contributed by atoms with van der Waals surface area (Å²) in [5, 5.41) is 0. The van der Waals surface area contributed by atoms with Crippen LogP contribution in [0.4, 0.5) is 0 Å². The Balaban J connectivity index is 3.13. The SMILES string of the molecule is CCC(N)(C(N)=O)c1ccc(Br)cc1. The molecule has 0 saturated carbocycles. The van der Waals surface area contributed by atoms with Crippen LogP contribution in [0.2, 0.25) is 0 Å². The summed E-state index contributed by atoms with van der Waals surface area (Å²) in [6.45, 7) is 1.84. The summed E-state index contributed by atoms with van der Waals surface area (Å²) < 4.78 is 0.948. The van der Waals surface area contributed by atoms with Crippen LogP contribution in [0.5, 0.6) is 0 Å². The summed E-state index contributed by atoms with van der Waals surface area (Å²) in [5.74, 6) is -0.498. The number of hydrogen-bond donors (Lipinski definition) is 2. The molecule has 1 aromatic rings. The minimum absolute atomic E-state index is 0.490. The Morgan fingerprint density at radius 3 is 2.29 bits per heavy atom. The Kier molecular flexibility index (Phi) is 3.29. The second kappa shape index (κ2) is 4.11. The predicted octanol–water partition coefficient (Wildman–Crippen LogP) is 1.50. The molecule has 0 aliphatic carbocycles. The van der Waals surface area contributed by atoms with Crippen molar-refractivity contribution in [2.24, 2.45) is 11.5 Å². The number of carbonyl (C=O) groups excluding carboxylic acids is 1. The predicted molar refractivity (Wildman–Crippen MR) is 59.5 cm³/mol. The number of amides is 1. The average Bonchev–Trinajstić information content (AvgIpc) is 2.17. The molecule has 0 aliphatic heterocycles. The van der Waals surface area contributed by atoms with E-state index in [4.69, 9.17) is 11.5 Å². The van der Waals surface area contributed by atoms with E-state index in [1.165, 1.54) is 0 Å². The van der Waals surface area contributed by atoms with Crippen LogP contribution in [0.15, 0.2) is 28.7 Å². The molecule has 1 atom stereocenters. The molecule has 76 valence electrons. The molecule has 0 saturated heterocycles. The van der Waals surface area contributed by atoms with Crippen LogP contribution < -0.4 is 11.5 Å². The molecule has 0 aliphatic rings. The van der Waals surface area contributed by atoms with Crippen molar-refractivity contribution >= 4 is 21.8 Å². The van der Waals surface area contributed by atoms with E-state index in [-0.39, 0.29) is 0 Å². The first-order chi connectivity index (χ1) is 6.50. The van der Waals surface area contributed by atoms with E-state index < -0.39 is 11.4 Å². The summed E-state index contributed by atoms with van der Waals surface area (Å²) in [5.41, 5.74) is 10.9. The highest BCUT2D eigenvalue weighted by molar-refractivity contribution is 9.10. The standard InChI is InChI=1S/C10H13BrN2O/c1-2-10(13,9(12)14)7-3-5-8(11)6-4-7/h3-6H,2,13H2,1H3,(H2,12,14). The molecule has 4 N–H and O–H groups in total. The molecule has 0 fully saturated rings. The minimum atomic E-state index is -1.05. The van der Waals surface area contributed by atoms with E-state index in [1.807, 2.05) is 19.1 Å². The third-order valence-corrected chi connectivity index (χ3v) is 2.89. The number of primary amides is 1. The second-order valence-electron chi connectivity index (χ2n) is 3.20. The lowest BCUT2D eigenvalue weighted by Gasteiger charge is -2.24. The fourth-order valence-corrected chi connectivity index (χ4v) is 1.53. The maximum Gasteiger partial charge on any atom is 0.242 e. The highest BCUT2D eigenvalue weighted by Crippen LogP contribution is 2.23. The van der Waals surface area contributed by atoms with Gasteiger partial charge in [0, 0.05) is 4.47 Å². The second-order valence-corrected chi connectivity index (χ2v) is 4.11. The molecule has 4 heteroatoms. The van der Waals surface area contributed by atoms with Gasteiger partial charge >= 0.3 is 0 Å². The van der Waals surface area contributed by atoms with Gasteiger partial charge in [0.2, 0.25) is 5.91 Å². The van der Waals surface area contributed by atoms with Crippen LogP contribution in [0, 0.1) is 0 Å². The molecule has 0 aromatic heterocycles. The molecule has 3 nitrogen and oxygen atoms in total. The number of nitrogens with two attached hydrogens (primary N) is 2. The van der Waals surface area contributed by atoms with Crippen LogP contribution in [-0.2, 0) is 10.3 Å². The lowest BCUT2D eigenvalue weighted by atomic mass is 9.88. The molecule has 0 spiro atoms. The van der Waals surface area contributed by atoms with Crippen LogP contribution in [0.1, 0.15) is 18.9 Å². The van der Waals surface area contributed by atoms with Gasteiger partial charge in [0.15, 0.2) is 0 Å². The summed E-state index contributed by atoms with van der Waals surface area (Å²) >= 11 is 3.31. The Hall–Kier alpha value is -0.870. The van der Waals surface area contributed by atoms with Gasteiger partial charge in [-0.15, -0.1) is 0 Å². The van der Waals surface area contributed by atoms with E-state index in [0.717, 1.165) is 10.0 Å². The average molecular weight is 257 g/mol. The summed E-state index contributed by atoms with van der Waals surface area (Å²) in [4.78, 5) is 11.2. The zero-order chi connectivity index (χ0) is 10.8. The Bertz CT molecular complexity index is 336. The third-order valence-electron chi connectivity index (χ3n) is 2.36. The van der Waals surface area contributed by atoms with Crippen molar-refractivity contribution in [1.82, 2.24) is 0 Å². The van der Waals surface area contributed by atoms with Crippen molar-refractivity contribution in [3.8, 4) is 0 Å². The van der Waals surface area contributed by atoms with Crippen molar-refractivity contribution in [2.75, 3.05) is 0 Å². The molecule has 1 rings (SSSR count). The maximum absolute atomic E-state index is 11.2. The topological polar surface area (TPSA) is 69.1 Å². The molecule has 1 unspecified atom stereocenters. The van der Waals surface area contributed by atoms with Crippen LogP contribution in [0.3, 0.4) is 0 Å². The van der Waals surface area contributed by atoms with Crippen molar-refractivity contribution in [3.63, 3.8) is 0 Å². The van der Waals surface area contributed by atoms with Gasteiger partial charge in [-0.2, -0.15) is 0 Å². The van der Waals surface area contributed by atoms with Gasteiger partial charge in [0.05, 0.1) is 0 Å². The normalized spacial score (nSPS) is 14.8. The van der Waals surface area contributed by atoms with Crippen LogP contribution in [0.25, 0.3) is 0 Å². The molecule has 1 amide bonds. The highest BCUT2D eigenvalue weighted by atomic mass is 79.9. The quantitative estimate of drug-likeness (QED) is 0.861. The van der Waals surface area contributed by atoms with Gasteiger partial charge in [-0.25, -0.2) is 0 Å². The molecule has 0 heterocycles. The van der Waals surface area contributed by atoms with Crippen molar-refractivity contribution < 1.29 is 4.79 Å². The summed E-state index contributed by atoms with van der Waals surface area (Å²) in [6.07, 6.45) is 0.490. The zero-order valence-corrected chi connectivity index (χ0v) is 9.54. The highest BCUT2D eigenvalue weighted by Gasteiger charge is 2.31. The van der Waals surface area contributed by atoms with Crippen molar-refractivity contribution in [2.45, 2.75) is 18.9 Å². The van der Waals surface area contributed by atoms with E-state index in [9.17, 15) is 4.79 Å². The Labute approximate surface area is 91.6 Å². The minimum Gasteiger partial charge on any atom is -0.368 e. The molecular formula is C10H13BrN2O. The molecule has 0 bridgehead atoms. The summed E-state index contributed by atoms with van der Waals surface area (Å²) in [6, 6.07) is 7.29. The van der Waals surface area contributed by atoms with Crippen LogP contribution in [-0.4, -0.2) is 5.91 Å². The van der Waals surface area contributed by atoms with Crippen molar-refractivity contribution in [3.05, 3.63) is 34.3 Å². The lowest BCUT2D eigenvalue weighted by molar-refractivity contribution is -0.123. The maximum atomic E-state index is 11.2. The monoisotopic (exact) mass is 256 g/mol. The Morgan fingerprint density at radius 2 is 1.93 bits per heavy atom. The lowest BCUT2D eigenvalue weighted by Crippen LogP contribution is -2.48. The molecule has 14 heavy (non-hydrogen) atoms. The van der Waals surface area contributed by atoms with E-state index in [0.29, 0.717) is 6.42 Å². The van der Waals surface area contributed by atoms with Gasteiger partial charge in [-0.3, -0.25) is 4.79 Å². The molecule has 1 aromatic carbocycles. The first kappa shape index (κ1) is 11.2. The number of carbonyl (C=O) groups is 1. The number of hydrogen-bond acceptors (Lipinski definition) is 2. The first-order valence-electron chi connectivity index (χ1n) is 4.35. The van der Waals surface area contributed by atoms with Crippen molar-refractivity contribution in [1.29, 1.82) is 0 Å². The van der Waals surface area contributed by atoms with E-state index >= 15 is 0 Å². The zero-order valence-electron chi connectivity index (χ0n) is 7.96. The fourth-order valence-electron chi connectivity index (χ4n) is 1.27. The number of halogens is 1. The van der Waals surface area contributed by atoms with Gasteiger partial charge < -0.3 is 11.5 Å². The fraction of sp³-hybridized carbons (Fsp3) is 0.300. The van der Waals surface area contributed by atoms with E-state index in [2.05, 4.69) is 15.9 Å².